The summed E-state index contributed by atoms with van der Waals surface area (Å²) in [4.78, 5) is 22.3. The fourth-order valence-corrected chi connectivity index (χ4v) is 1.85. The molecule has 0 atom stereocenters. The first-order chi connectivity index (χ1) is 9.49. The number of aryl methyl sites for hydroxylation is 1. The summed E-state index contributed by atoms with van der Waals surface area (Å²) in [5, 5.41) is 13.6. The molecule has 0 saturated heterocycles. The van der Waals surface area contributed by atoms with Gasteiger partial charge in [-0.25, -0.2) is 0 Å². The number of benzene rings is 2. The van der Waals surface area contributed by atoms with Crippen LogP contribution in [0.4, 0.5) is 11.4 Å². The van der Waals surface area contributed by atoms with Gasteiger partial charge in [0.25, 0.3) is 11.6 Å². The molecule has 0 aliphatic heterocycles. The molecule has 2 aromatic carbocycles. The molecular weight excluding hydrogens is 280 g/mol. The molecule has 0 unspecified atom stereocenters. The van der Waals surface area contributed by atoms with E-state index in [1.54, 1.807) is 18.2 Å². The number of nitro benzene ring substituents is 1. The van der Waals surface area contributed by atoms with E-state index in [0.717, 1.165) is 11.6 Å². The highest BCUT2D eigenvalue weighted by Gasteiger charge is 2.16. The van der Waals surface area contributed by atoms with Gasteiger partial charge in [-0.15, -0.1) is 0 Å². The Kier molecular flexibility index (Phi) is 4.00. The van der Waals surface area contributed by atoms with Crippen molar-refractivity contribution >= 4 is 28.9 Å². The Morgan fingerprint density at radius 1 is 1.40 bits per heavy atom. The summed E-state index contributed by atoms with van der Waals surface area (Å²) in [6.45, 7) is 1.82. The molecule has 0 aromatic heterocycles. The van der Waals surface area contributed by atoms with Crippen LogP contribution < -0.4 is 5.32 Å². The number of hydrogen-bond acceptors (Lipinski definition) is 3. The largest absolute Gasteiger partial charge is 0.322 e. The second-order valence-electron chi connectivity index (χ2n) is 4.12. The predicted octanol–water partition coefficient (Wildman–Crippen LogP) is 3.61. The number of amides is 1. The van der Waals surface area contributed by atoms with Gasteiger partial charge in [0, 0.05) is 17.8 Å². The van der Waals surface area contributed by atoms with E-state index < -0.39 is 10.8 Å². The van der Waals surface area contributed by atoms with E-state index in [1.165, 1.54) is 12.1 Å². The Morgan fingerprint density at radius 2 is 2.15 bits per heavy atom. The number of anilines is 1. The highest BCUT2D eigenvalue weighted by atomic mass is 35.5. The highest BCUT2D eigenvalue weighted by molar-refractivity contribution is 6.34. The number of nitro groups is 1. The maximum Gasteiger partial charge on any atom is 0.270 e. The van der Waals surface area contributed by atoms with Gasteiger partial charge in [0.15, 0.2) is 0 Å². The van der Waals surface area contributed by atoms with Crippen molar-refractivity contribution in [3.8, 4) is 0 Å². The Hall–Kier alpha value is -2.40. The Balaban J connectivity index is 2.32. The average molecular weight is 290 g/mol. The topological polar surface area (TPSA) is 72.2 Å². The van der Waals surface area contributed by atoms with Crippen LogP contribution >= 0.6 is 11.6 Å². The molecule has 0 aliphatic rings. The standard InChI is InChI=1S/C14H10ClN2O3/c1-9-4-2-3-5-13(9)16-14(18)11-8-10(17(19)20)6-7-12(11)15/h3-8H,1H3,(H,16,18). The minimum atomic E-state index is -0.574. The van der Waals surface area contributed by atoms with E-state index in [0.29, 0.717) is 5.69 Å². The van der Waals surface area contributed by atoms with Crippen molar-refractivity contribution < 1.29 is 9.72 Å². The third-order valence-electron chi connectivity index (χ3n) is 2.72. The van der Waals surface area contributed by atoms with Crippen molar-refractivity contribution in [1.82, 2.24) is 0 Å². The number of halogens is 1. The maximum atomic E-state index is 12.1. The van der Waals surface area contributed by atoms with Crippen molar-refractivity contribution in [1.29, 1.82) is 0 Å². The van der Waals surface area contributed by atoms with E-state index in [9.17, 15) is 14.9 Å². The van der Waals surface area contributed by atoms with Gasteiger partial charge in [-0.3, -0.25) is 14.9 Å². The van der Waals surface area contributed by atoms with Gasteiger partial charge in [-0.05, 0) is 36.8 Å². The fourth-order valence-electron chi connectivity index (χ4n) is 1.64. The van der Waals surface area contributed by atoms with Gasteiger partial charge in [0.05, 0.1) is 15.5 Å². The molecule has 0 spiro atoms. The molecule has 20 heavy (non-hydrogen) atoms. The first kappa shape index (κ1) is 14.0. The number of hydrogen-bond donors (Lipinski definition) is 1. The zero-order valence-electron chi connectivity index (χ0n) is 10.5. The van der Waals surface area contributed by atoms with Crippen molar-refractivity contribution in [2.24, 2.45) is 0 Å². The van der Waals surface area contributed by atoms with Gasteiger partial charge in [-0.1, -0.05) is 17.7 Å². The lowest BCUT2D eigenvalue weighted by molar-refractivity contribution is -0.384. The highest BCUT2D eigenvalue weighted by Crippen LogP contribution is 2.23. The Labute approximate surface area is 120 Å². The minimum absolute atomic E-state index is 0.0631. The van der Waals surface area contributed by atoms with Crippen LogP contribution in [0.2, 0.25) is 5.02 Å². The molecule has 2 rings (SSSR count). The number of non-ortho nitro benzene ring substituents is 1. The molecule has 1 amide bonds. The second-order valence-corrected chi connectivity index (χ2v) is 4.52. The maximum absolute atomic E-state index is 12.1. The third-order valence-corrected chi connectivity index (χ3v) is 3.05. The van der Waals surface area contributed by atoms with Gasteiger partial charge >= 0.3 is 0 Å². The summed E-state index contributed by atoms with van der Waals surface area (Å²) < 4.78 is 0. The van der Waals surface area contributed by atoms with Gasteiger partial charge in [0.1, 0.15) is 0 Å². The lowest BCUT2D eigenvalue weighted by Crippen LogP contribution is -2.13. The first-order valence-corrected chi connectivity index (χ1v) is 6.09. The van der Waals surface area contributed by atoms with Crippen LogP contribution in [0.3, 0.4) is 0 Å². The van der Waals surface area contributed by atoms with E-state index in [4.69, 9.17) is 11.6 Å². The van der Waals surface area contributed by atoms with Crippen molar-refractivity contribution in [3.05, 3.63) is 68.7 Å². The lowest BCUT2D eigenvalue weighted by atomic mass is 10.1. The van der Waals surface area contributed by atoms with Crippen LogP contribution in [-0.4, -0.2) is 10.8 Å². The van der Waals surface area contributed by atoms with Crippen LogP contribution in [0.25, 0.3) is 0 Å². The van der Waals surface area contributed by atoms with Crippen LogP contribution in [0.1, 0.15) is 15.9 Å². The molecule has 1 N–H and O–H groups in total. The van der Waals surface area contributed by atoms with Crippen LogP contribution in [0.15, 0.2) is 36.4 Å². The SMILES string of the molecule is Cc1c[c]ccc1NC(=O)c1cc([N+](=O)[O-])ccc1Cl. The summed E-state index contributed by atoms with van der Waals surface area (Å²) in [6, 6.07) is 11.7. The summed E-state index contributed by atoms with van der Waals surface area (Å²) >= 11 is 5.91. The number of nitrogens with one attached hydrogen (secondary N) is 1. The van der Waals surface area contributed by atoms with Crippen molar-refractivity contribution in [2.45, 2.75) is 6.92 Å². The number of rotatable bonds is 3. The minimum Gasteiger partial charge on any atom is -0.322 e. The molecule has 0 bridgehead atoms. The fraction of sp³-hybridized carbons (Fsp3) is 0.0714. The Bertz CT molecular complexity index is 686. The molecule has 101 valence electrons. The summed E-state index contributed by atoms with van der Waals surface area (Å²) in [7, 11) is 0. The lowest BCUT2D eigenvalue weighted by Gasteiger charge is -2.08. The smallest absolute Gasteiger partial charge is 0.270 e. The predicted molar refractivity (Wildman–Crippen MR) is 76.1 cm³/mol. The second kappa shape index (κ2) is 5.71. The van der Waals surface area contributed by atoms with Crippen molar-refractivity contribution in [3.63, 3.8) is 0 Å². The normalized spacial score (nSPS) is 10.1. The molecule has 1 radical (unpaired) electrons. The van der Waals surface area contributed by atoms with Crippen molar-refractivity contribution in [2.75, 3.05) is 5.32 Å². The quantitative estimate of drug-likeness (QED) is 0.693. The first-order valence-electron chi connectivity index (χ1n) is 5.71. The molecule has 0 heterocycles. The van der Waals surface area contributed by atoms with E-state index in [-0.39, 0.29) is 16.3 Å². The molecule has 0 saturated carbocycles. The number of carbonyl (C=O) groups excluding carboxylic acids is 1. The molecule has 2 aromatic rings. The summed E-state index contributed by atoms with van der Waals surface area (Å²) in [5.41, 5.74) is 1.32. The van der Waals surface area contributed by atoms with E-state index >= 15 is 0 Å². The van der Waals surface area contributed by atoms with Gasteiger partial charge < -0.3 is 5.32 Å². The van der Waals surface area contributed by atoms with E-state index in [2.05, 4.69) is 11.4 Å². The van der Waals surface area contributed by atoms with Crippen LogP contribution in [0, 0.1) is 23.1 Å². The van der Waals surface area contributed by atoms with Gasteiger partial charge in [0.2, 0.25) is 0 Å². The number of nitrogens with zero attached hydrogens (tertiary/aromatic N) is 1. The number of carbonyl (C=O) groups is 1. The van der Waals surface area contributed by atoms with Crippen LogP contribution in [-0.2, 0) is 0 Å². The Morgan fingerprint density at radius 3 is 2.80 bits per heavy atom. The third kappa shape index (κ3) is 2.95. The monoisotopic (exact) mass is 289 g/mol. The summed E-state index contributed by atoms with van der Waals surface area (Å²) in [5.74, 6) is -0.493. The molecule has 6 heteroatoms. The molecule has 5 nitrogen and oxygen atoms in total. The zero-order chi connectivity index (χ0) is 14.7. The average Bonchev–Trinajstić information content (AvgIpc) is 2.41. The van der Waals surface area contributed by atoms with Gasteiger partial charge in [-0.2, -0.15) is 0 Å². The summed E-state index contributed by atoms with van der Waals surface area (Å²) in [6.07, 6.45) is 0. The molecule has 0 fully saturated rings. The molecule has 0 aliphatic carbocycles. The molecular formula is C14H10ClN2O3. The zero-order valence-corrected chi connectivity index (χ0v) is 11.3. The van der Waals surface area contributed by atoms with Crippen LogP contribution in [0.5, 0.6) is 0 Å². The van der Waals surface area contributed by atoms with E-state index in [1.807, 2.05) is 6.92 Å².